The van der Waals surface area contributed by atoms with Gasteiger partial charge in [0.15, 0.2) is 23.3 Å². The zero-order valence-corrected chi connectivity index (χ0v) is 17.9. The van der Waals surface area contributed by atoms with Gasteiger partial charge in [0, 0.05) is 6.10 Å². The van der Waals surface area contributed by atoms with Gasteiger partial charge in [-0.15, -0.1) is 0 Å². The maximum Gasteiger partial charge on any atom is 0.494 e. The van der Waals surface area contributed by atoms with Crippen molar-refractivity contribution in [3.8, 4) is 0 Å². The van der Waals surface area contributed by atoms with Crippen LogP contribution in [0, 0.1) is 29.1 Å². The number of benzene rings is 2. The van der Waals surface area contributed by atoms with Crippen LogP contribution < -0.4 is 5.46 Å². The molecule has 0 aliphatic heterocycles. The molecule has 0 amide bonds. The van der Waals surface area contributed by atoms with Gasteiger partial charge in [-0.25, -0.2) is 22.0 Å². The average Bonchev–Trinajstić information content (AvgIpc) is 2.68. The van der Waals surface area contributed by atoms with Gasteiger partial charge in [0.1, 0.15) is 0 Å². The molecule has 0 spiro atoms. The summed E-state index contributed by atoms with van der Waals surface area (Å²) in [6.45, 7) is 4.25. The molecule has 0 aliphatic rings. The molecule has 0 unspecified atom stereocenters. The molecule has 0 aliphatic carbocycles. The quantitative estimate of drug-likeness (QED) is 0.192. The molecule has 0 atom stereocenters. The fraction of sp³-hybridized carbons (Fsp3) is 0.400. The van der Waals surface area contributed by atoms with E-state index in [0.29, 0.717) is 0 Å². The molecule has 0 aromatic heterocycles. The number of halogens is 11. The van der Waals surface area contributed by atoms with Crippen LogP contribution in [0.4, 0.5) is 48.3 Å². The van der Waals surface area contributed by atoms with E-state index >= 15 is 0 Å². The van der Waals surface area contributed by atoms with Crippen LogP contribution in [-0.2, 0) is 27.3 Å². The summed E-state index contributed by atoms with van der Waals surface area (Å²) in [5.41, 5.74) is -8.29. The highest BCUT2D eigenvalue weighted by Gasteiger charge is 2.42. The third-order valence-corrected chi connectivity index (χ3v) is 4.49. The molecule has 0 bridgehead atoms. The molecule has 2 rings (SSSR count). The normalized spacial score (nSPS) is 13.1. The third-order valence-electron chi connectivity index (χ3n) is 4.49. The van der Waals surface area contributed by atoms with Crippen LogP contribution >= 0.6 is 0 Å². The SMILES string of the molecule is CC(C)OB(OC(C)(C)c1c(F)c(F)c(F)c(F)c1F)c1cc(C(F)(F)F)cc(C(F)(F)F)c1. The summed E-state index contributed by atoms with van der Waals surface area (Å²) >= 11 is 0. The lowest BCUT2D eigenvalue weighted by Crippen LogP contribution is -2.45. The Hall–Kier alpha value is -2.35. The van der Waals surface area contributed by atoms with Crippen molar-refractivity contribution in [3.05, 3.63) is 64.0 Å². The van der Waals surface area contributed by atoms with E-state index in [4.69, 9.17) is 9.31 Å². The second-order valence-electron chi connectivity index (χ2n) is 7.93. The monoisotopic (exact) mass is 508 g/mol. The highest BCUT2D eigenvalue weighted by atomic mass is 19.4. The van der Waals surface area contributed by atoms with Crippen molar-refractivity contribution in [2.24, 2.45) is 0 Å². The Morgan fingerprint density at radius 2 is 1.06 bits per heavy atom. The Kier molecular flexibility index (Phi) is 7.68. The first-order valence-corrected chi connectivity index (χ1v) is 9.42. The summed E-state index contributed by atoms with van der Waals surface area (Å²) in [6.07, 6.45) is -11.4. The van der Waals surface area contributed by atoms with Crippen molar-refractivity contribution in [1.82, 2.24) is 0 Å². The molecule has 2 aromatic rings. The second-order valence-corrected chi connectivity index (χ2v) is 7.93. The van der Waals surface area contributed by atoms with Crippen molar-refractivity contribution in [1.29, 1.82) is 0 Å². The van der Waals surface area contributed by atoms with E-state index in [1.807, 2.05) is 0 Å². The number of rotatable bonds is 6. The minimum absolute atomic E-state index is 0.162. The van der Waals surface area contributed by atoms with E-state index < -0.39 is 82.4 Å². The average molecular weight is 508 g/mol. The Bertz CT molecular complexity index is 1000. The highest BCUT2D eigenvalue weighted by molar-refractivity contribution is 6.61. The van der Waals surface area contributed by atoms with E-state index in [0.717, 1.165) is 13.8 Å². The molecule has 2 aromatic carbocycles. The molecule has 0 fully saturated rings. The van der Waals surface area contributed by atoms with Crippen molar-refractivity contribution in [2.45, 2.75) is 51.8 Å². The topological polar surface area (TPSA) is 18.5 Å². The van der Waals surface area contributed by atoms with Gasteiger partial charge in [-0.3, -0.25) is 0 Å². The zero-order valence-electron chi connectivity index (χ0n) is 17.9. The summed E-state index contributed by atoms with van der Waals surface area (Å²) in [6, 6.07) is 0.360. The summed E-state index contributed by atoms with van der Waals surface area (Å²) in [4.78, 5) is 0. The van der Waals surface area contributed by atoms with E-state index in [-0.39, 0.29) is 18.2 Å². The van der Waals surface area contributed by atoms with Crippen LogP contribution in [0.25, 0.3) is 0 Å². The van der Waals surface area contributed by atoms with Crippen LogP contribution in [0.1, 0.15) is 44.4 Å². The fourth-order valence-corrected chi connectivity index (χ4v) is 3.00. The smallest absolute Gasteiger partial charge is 0.405 e. The van der Waals surface area contributed by atoms with Crippen molar-refractivity contribution in [2.75, 3.05) is 0 Å². The largest absolute Gasteiger partial charge is 0.494 e. The molecule has 0 radical (unpaired) electrons. The molecule has 14 heteroatoms. The summed E-state index contributed by atoms with van der Waals surface area (Å²) in [7, 11) is -2.13. The maximum atomic E-state index is 14.3. The first kappa shape index (κ1) is 27.9. The molecule has 0 heterocycles. The predicted octanol–water partition coefficient (Wildman–Crippen LogP) is 6.49. The second kappa shape index (κ2) is 9.36. The summed E-state index contributed by atoms with van der Waals surface area (Å²) in [5, 5.41) is 0. The van der Waals surface area contributed by atoms with Crippen LogP contribution in [0.5, 0.6) is 0 Å². The number of hydrogen-bond donors (Lipinski definition) is 0. The molecule has 2 nitrogen and oxygen atoms in total. The molecule has 0 saturated heterocycles. The number of hydrogen-bond acceptors (Lipinski definition) is 2. The van der Waals surface area contributed by atoms with Gasteiger partial charge in [-0.1, -0.05) is 12.1 Å². The molecule has 0 N–H and O–H groups in total. The van der Waals surface area contributed by atoms with Gasteiger partial charge in [-0.2, -0.15) is 26.3 Å². The van der Waals surface area contributed by atoms with Crippen LogP contribution in [0.2, 0.25) is 0 Å². The molecule has 188 valence electrons. The van der Waals surface area contributed by atoms with Crippen LogP contribution in [0.15, 0.2) is 18.2 Å². The lowest BCUT2D eigenvalue weighted by molar-refractivity contribution is -0.143. The Morgan fingerprint density at radius 1 is 0.676 bits per heavy atom. The number of alkyl halides is 6. The van der Waals surface area contributed by atoms with Gasteiger partial charge in [0.2, 0.25) is 5.82 Å². The zero-order chi connectivity index (χ0) is 26.4. The van der Waals surface area contributed by atoms with Crippen molar-refractivity contribution in [3.63, 3.8) is 0 Å². The van der Waals surface area contributed by atoms with Gasteiger partial charge >= 0.3 is 19.5 Å². The van der Waals surface area contributed by atoms with Crippen molar-refractivity contribution >= 4 is 12.6 Å². The highest BCUT2D eigenvalue weighted by Crippen LogP contribution is 2.37. The van der Waals surface area contributed by atoms with Crippen LogP contribution in [0.3, 0.4) is 0 Å². The van der Waals surface area contributed by atoms with Gasteiger partial charge in [0.05, 0.1) is 22.3 Å². The summed E-state index contributed by atoms with van der Waals surface area (Å²) in [5.74, 6) is -11.7. The van der Waals surface area contributed by atoms with Gasteiger partial charge < -0.3 is 9.31 Å². The lowest BCUT2D eigenvalue weighted by atomic mass is 9.75. The minimum Gasteiger partial charge on any atom is -0.405 e. The minimum atomic E-state index is -5.23. The van der Waals surface area contributed by atoms with Gasteiger partial charge in [0.25, 0.3) is 0 Å². The molecular formula is C20H16BF11O2. The van der Waals surface area contributed by atoms with E-state index in [2.05, 4.69) is 0 Å². The van der Waals surface area contributed by atoms with E-state index in [1.54, 1.807) is 0 Å². The Labute approximate surface area is 186 Å². The fourth-order valence-electron chi connectivity index (χ4n) is 3.00. The van der Waals surface area contributed by atoms with Gasteiger partial charge in [-0.05, 0) is 39.2 Å². The van der Waals surface area contributed by atoms with E-state index in [1.165, 1.54) is 13.8 Å². The Morgan fingerprint density at radius 3 is 1.41 bits per heavy atom. The molecular weight excluding hydrogens is 492 g/mol. The first-order chi connectivity index (χ1) is 15.3. The lowest BCUT2D eigenvalue weighted by Gasteiger charge is -2.32. The maximum absolute atomic E-state index is 14.3. The Balaban J connectivity index is 2.70. The first-order valence-electron chi connectivity index (χ1n) is 9.42. The molecule has 34 heavy (non-hydrogen) atoms. The standard InChI is InChI=1S/C20H16BF11O2/c1-8(2)33-21(11-6-9(19(27,28)29)5-10(7-11)20(30,31)32)34-18(3,4)12-13(22)15(24)17(26)16(25)14(12)23/h5-8H,1-4H3. The van der Waals surface area contributed by atoms with Crippen LogP contribution in [-0.4, -0.2) is 13.2 Å². The van der Waals surface area contributed by atoms with E-state index in [9.17, 15) is 48.3 Å². The van der Waals surface area contributed by atoms with Crippen molar-refractivity contribution < 1.29 is 57.6 Å². The predicted molar refractivity (Wildman–Crippen MR) is 98.4 cm³/mol. The molecule has 0 saturated carbocycles. The summed E-state index contributed by atoms with van der Waals surface area (Å²) < 4.78 is 159. The third kappa shape index (κ3) is 5.82.